The summed E-state index contributed by atoms with van der Waals surface area (Å²) in [6.45, 7) is 64.5. The molecule has 8 aliphatic rings. The van der Waals surface area contributed by atoms with Crippen LogP contribution in [-0.4, -0.2) is 75.2 Å². The van der Waals surface area contributed by atoms with Crippen LogP contribution in [0, 0.1) is 96.8 Å². The third-order valence-corrected chi connectivity index (χ3v) is 41.5. The van der Waals surface area contributed by atoms with Gasteiger partial charge in [-0.3, -0.25) is 0 Å². The first-order chi connectivity index (χ1) is 58.7. The highest BCUT2D eigenvalue weighted by Gasteiger charge is 2.62. The molecule has 0 bridgehead atoms. The molecule has 4 saturated carbocycles. The number of hydrogen-bond acceptors (Lipinski definition) is 6. The summed E-state index contributed by atoms with van der Waals surface area (Å²) >= 11 is 0. The Morgan fingerprint density at radius 3 is 0.992 bits per heavy atom. The monoisotopic (exact) mass is 1700 g/mol. The maximum absolute atomic E-state index is 6.63. The predicted octanol–water partition coefficient (Wildman–Crippen LogP) is 31.8. The number of unbranched alkanes of at least 4 members (excludes halogenated alkanes) is 12. The molecular formula is C115H168N2O4Si2. The van der Waals surface area contributed by atoms with E-state index in [1.807, 2.05) is 0 Å². The van der Waals surface area contributed by atoms with E-state index in [1.165, 1.54) is 259 Å². The van der Waals surface area contributed by atoms with E-state index in [0.717, 1.165) is 75.1 Å². The SMILES string of the molecule is CCCCCCOc1c(C)cc(C2(c3cc(C)c(OCCCCCC)c(C)c3)C3=CC4C(C)C(C)C([Si](C)(C)N(C5CCCCC5)C(C)(C)C)C4C=C3c3ccccc32)cc1C.CCCCCCOc1c(C)cc(C2(c3cc(C)c(OCCCCCC)c(C)c3)C3=CC4CC(C)C([Si](C)(C)N(C5CCCCC5)C(C)(C)C)C4C=C3c3ccccc32)cc1C. The zero-order valence-electron chi connectivity index (χ0n) is 82.3. The number of ether oxygens (including phenoxy) is 4. The Morgan fingerprint density at radius 2 is 0.667 bits per heavy atom. The van der Waals surface area contributed by atoms with E-state index >= 15 is 0 Å². The zero-order chi connectivity index (χ0) is 88.3. The molecule has 0 saturated heterocycles. The molecule has 9 atom stereocenters. The second-order valence-corrected chi connectivity index (χ2v) is 52.6. The van der Waals surface area contributed by atoms with Crippen molar-refractivity contribution in [1.82, 2.24) is 9.13 Å². The molecule has 8 aliphatic carbocycles. The first-order valence-corrected chi connectivity index (χ1v) is 56.4. The van der Waals surface area contributed by atoms with Gasteiger partial charge in [-0.05, 0) is 319 Å². The largest absolute Gasteiger partial charge is 0.493 e. The normalized spacial score (nSPS) is 23.0. The van der Waals surface area contributed by atoms with Crippen molar-refractivity contribution in [3.8, 4) is 23.0 Å². The standard InChI is InChI=1S/C58H85NO2Si.C57H83NO2Si/c1-14-16-18-25-31-60-54-39(3)33-45(34-40(54)4)58(46-35-41(5)55(42(6)36-46)61-32-26-19-17-15-2)52-30-24-23-29-48(52)50-37-51-49(38-53(50)58)43(7)44(8)56(51)62(12,13)59(57(9,10)11)47-27-21-20-22-28-47;1-13-15-17-24-30-59-53-39(3)33-45(34-40(53)4)57(46-35-41(5)54(42(6)36-46)60-31-25-18-16-14-2)51-29-23-22-28-48(51)50-38-49-44(37-52(50)57)32-43(7)55(49)61(11,12)58(56(8,9)10)47-26-20-19-21-27-47/h23-24,29-30,33-38,43-44,47,49,51,56H,14-22,25-28,31-32H2,1-13H3;22-23,28-29,33-38,43-44,47,49,55H,13-21,24-27,30-32H2,1-12H3. The minimum absolute atomic E-state index is 0.152. The highest BCUT2D eigenvalue weighted by atomic mass is 28.3. The summed E-state index contributed by atoms with van der Waals surface area (Å²) in [5.74, 6) is 8.26. The molecule has 0 amide bonds. The average Bonchev–Trinajstić information content (AvgIpc) is 1.54. The van der Waals surface area contributed by atoms with E-state index < -0.39 is 27.3 Å². The Bertz CT molecular complexity index is 4510. The molecule has 4 fully saturated rings. The van der Waals surface area contributed by atoms with Crippen LogP contribution in [0.15, 0.2) is 133 Å². The van der Waals surface area contributed by atoms with Crippen molar-refractivity contribution in [3.63, 3.8) is 0 Å². The average molecular weight is 1700 g/mol. The third-order valence-electron chi connectivity index (χ3n) is 31.9. The Kier molecular flexibility index (Phi) is 30.6. The van der Waals surface area contributed by atoms with Gasteiger partial charge in [-0.25, -0.2) is 0 Å². The summed E-state index contributed by atoms with van der Waals surface area (Å²) in [6, 6.07) is 40.3. The molecule has 0 N–H and O–H groups in total. The highest BCUT2D eigenvalue weighted by molar-refractivity contribution is 6.77. The molecule has 0 radical (unpaired) electrons. The van der Waals surface area contributed by atoms with E-state index in [4.69, 9.17) is 18.9 Å². The van der Waals surface area contributed by atoms with Crippen LogP contribution in [0.5, 0.6) is 23.0 Å². The quantitative estimate of drug-likeness (QED) is 0.0296. The molecule has 0 spiro atoms. The maximum atomic E-state index is 6.63. The number of nitrogens with zero attached hydrogens (tertiary/aromatic N) is 2. The molecule has 6 aromatic rings. The van der Waals surface area contributed by atoms with E-state index in [0.29, 0.717) is 64.6 Å². The molecule has 9 unspecified atom stereocenters. The fourth-order valence-corrected chi connectivity index (χ4v) is 39.7. The molecule has 0 aliphatic heterocycles. The first-order valence-electron chi connectivity index (χ1n) is 50.4. The van der Waals surface area contributed by atoms with Gasteiger partial charge >= 0.3 is 0 Å². The summed E-state index contributed by atoms with van der Waals surface area (Å²) in [7, 11) is -3.92. The summed E-state index contributed by atoms with van der Waals surface area (Å²) < 4.78 is 32.8. The summed E-state index contributed by atoms with van der Waals surface area (Å²) in [5, 5.41) is 0. The molecule has 6 nitrogen and oxygen atoms in total. The summed E-state index contributed by atoms with van der Waals surface area (Å²) in [6.07, 6.45) is 45.8. The lowest BCUT2D eigenvalue weighted by Crippen LogP contribution is -2.65. The van der Waals surface area contributed by atoms with Gasteiger partial charge in [0.15, 0.2) is 0 Å². The number of allylic oxidation sites excluding steroid dienone is 8. The van der Waals surface area contributed by atoms with E-state index in [2.05, 4.69) is 302 Å². The van der Waals surface area contributed by atoms with Gasteiger partial charge < -0.3 is 28.1 Å². The molecule has 0 aromatic heterocycles. The minimum Gasteiger partial charge on any atom is -0.493 e. The van der Waals surface area contributed by atoms with Crippen LogP contribution in [-0.2, 0) is 10.8 Å². The van der Waals surface area contributed by atoms with E-state index in [9.17, 15) is 0 Å². The van der Waals surface area contributed by atoms with Crippen molar-refractivity contribution in [2.45, 2.75) is 390 Å². The Hall–Kier alpha value is -6.17. The number of fused-ring (bicyclic) bond motifs is 8. The fraction of sp³-hybridized carbons (Fsp3) is 0.617. The summed E-state index contributed by atoms with van der Waals surface area (Å²) in [4.78, 5) is 0. The smallest absolute Gasteiger partial charge is 0.127 e. The van der Waals surface area contributed by atoms with Gasteiger partial charge in [0.25, 0.3) is 0 Å². The number of benzene rings is 6. The second-order valence-electron chi connectivity index (χ2n) is 43.7. The van der Waals surface area contributed by atoms with Crippen molar-refractivity contribution in [2.75, 3.05) is 26.4 Å². The van der Waals surface area contributed by atoms with Crippen LogP contribution >= 0.6 is 0 Å². The lowest BCUT2D eigenvalue weighted by molar-refractivity contribution is 0.138. The lowest BCUT2D eigenvalue weighted by Gasteiger charge is -2.56. The Morgan fingerprint density at radius 1 is 0.358 bits per heavy atom. The van der Waals surface area contributed by atoms with Gasteiger partial charge in [-0.2, -0.15) is 0 Å². The molecule has 8 heteroatoms. The third kappa shape index (κ3) is 18.6. The van der Waals surface area contributed by atoms with E-state index in [-0.39, 0.29) is 11.1 Å². The minimum atomic E-state index is -1.98. The van der Waals surface area contributed by atoms with Gasteiger partial charge in [0.1, 0.15) is 39.5 Å². The number of hydrogen-bond donors (Lipinski definition) is 0. The zero-order valence-corrected chi connectivity index (χ0v) is 84.3. The molecule has 6 aromatic carbocycles. The van der Waals surface area contributed by atoms with E-state index in [1.54, 1.807) is 0 Å². The van der Waals surface area contributed by atoms with Crippen molar-refractivity contribution >= 4 is 27.6 Å². The predicted molar refractivity (Wildman–Crippen MR) is 532 cm³/mol. The second kappa shape index (κ2) is 39.8. The van der Waals surface area contributed by atoms with Crippen LogP contribution in [0.25, 0.3) is 11.1 Å². The van der Waals surface area contributed by atoms with Gasteiger partial charge in [-0.1, -0.05) is 312 Å². The van der Waals surface area contributed by atoms with Crippen molar-refractivity contribution in [3.05, 3.63) is 222 Å². The number of aryl methyl sites for hydroxylation is 8. The van der Waals surface area contributed by atoms with Crippen molar-refractivity contribution in [2.24, 2.45) is 41.4 Å². The van der Waals surface area contributed by atoms with Gasteiger partial charge in [0, 0.05) is 23.2 Å². The molecule has 0 heterocycles. The Balaban J connectivity index is 0.000000212. The Labute approximate surface area is 753 Å². The van der Waals surface area contributed by atoms with Crippen LogP contribution in [0.2, 0.25) is 37.3 Å². The lowest BCUT2D eigenvalue weighted by atomic mass is 9.64. The highest BCUT2D eigenvalue weighted by Crippen LogP contribution is 2.68. The molecule has 14 rings (SSSR count). The molecule has 670 valence electrons. The molecular weight excluding hydrogens is 1530 g/mol. The topological polar surface area (TPSA) is 43.4 Å². The van der Waals surface area contributed by atoms with Gasteiger partial charge in [-0.15, -0.1) is 0 Å². The maximum Gasteiger partial charge on any atom is 0.127 e. The van der Waals surface area contributed by atoms with Crippen molar-refractivity contribution in [1.29, 1.82) is 0 Å². The van der Waals surface area contributed by atoms with Gasteiger partial charge in [0.05, 0.1) is 37.3 Å². The van der Waals surface area contributed by atoms with Crippen LogP contribution in [0.3, 0.4) is 0 Å². The number of rotatable bonds is 34. The van der Waals surface area contributed by atoms with Crippen molar-refractivity contribution < 1.29 is 18.9 Å². The van der Waals surface area contributed by atoms with Gasteiger partial charge in [0.2, 0.25) is 0 Å². The van der Waals surface area contributed by atoms with Crippen LogP contribution < -0.4 is 18.9 Å². The first kappa shape index (κ1) is 94.4. The summed E-state index contributed by atoms with van der Waals surface area (Å²) in [5.41, 5.74) is 27.8. The fourth-order valence-electron chi connectivity index (χ4n) is 27.5. The van der Waals surface area contributed by atoms with Crippen LogP contribution in [0.1, 0.15) is 352 Å². The van der Waals surface area contributed by atoms with Crippen LogP contribution in [0.4, 0.5) is 0 Å². The molecule has 123 heavy (non-hydrogen) atoms.